The summed E-state index contributed by atoms with van der Waals surface area (Å²) in [5, 5.41) is 14.9. The molecule has 3 aromatic rings. The van der Waals surface area contributed by atoms with Crippen LogP contribution in [0.1, 0.15) is 18.1 Å². The van der Waals surface area contributed by atoms with E-state index in [1.807, 2.05) is 53.4 Å². The molecule has 0 saturated heterocycles. The molecule has 0 unspecified atom stereocenters. The fourth-order valence-electron chi connectivity index (χ4n) is 3.35. The lowest BCUT2D eigenvalue weighted by Crippen LogP contribution is -2.17. The van der Waals surface area contributed by atoms with Gasteiger partial charge in [-0.25, -0.2) is 9.97 Å². The van der Waals surface area contributed by atoms with Gasteiger partial charge < -0.3 is 10.2 Å². The molecule has 0 saturated carbocycles. The van der Waals surface area contributed by atoms with E-state index in [0.29, 0.717) is 12.4 Å². The predicted octanol–water partition coefficient (Wildman–Crippen LogP) is 4.39. The van der Waals surface area contributed by atoms with Crippen LogP contribution in [0.25, 0.3) is 0 Å². The van der Waals surface area contributed by atoms with Gasteiger partial charge in [-0.1, -0.05) is 37.3 Å². The standard InChI is InChI=1S/C20H19N5O2/c1-2-14-7-9-16(10-8-14)23-19-18(25(26)27)20(22-13-21-19)24-12-11-15-5-3-4-6-17(15)24/h3-10,13H,2,11-12H2,1H3,(H,21,22,23). The number of fused-ring (bicyclic) bond motifs is 1. The van der Waals surface area contributed by atoms with Crippen molar-refractivity contribution in [3.63, 3.8) is 0 Å². The zero-order valence-corrected chi connectivity index (χ0v) is 14.9. The van der Waals surface area contributed by atoms with Crippen LogP contribution in [0.5, 0.6) is 0 Å². The van der Waals surface area contributed by atoms with Crippen molar-refractivity contribution >= 4 is 28.7 Å². The van der Waals surface area contributed by atoms with Crippen LogP contribution in [0, 0.1) is 10.1 Å². The minimum Gasteiger partial charge on any atom is -0.334 e. The van der Waals surface area contributed by atoms with Gasteiger partial charge in [-0.15, -0.1) is 0 Å². The third-order valence-electron chi connectivity index (χ3n) is 4.75. The largest absolute Gasteiger partial charge is 0.354 e. The number of benzene rings is 2. The molecule has 0 atom stereocenters. The fraction of sp³-hybridized carbons (Fsp3) is 0.200. The van der Waals surface area contributed by atoms with Crippen molar-refractivity contribution in [1.29, 1.82) is 0 Å². The minimum absolute atomic E-state index is 0.117. The zero-order valence-electron chi connectivity index (χ0n) is 14.9. The lowest BCUT2D eigenvalue weighted by molar-refractivity contribution is -0.383. The van der Waals surface area contributed by atoms with Crippen LogP contribution in [0.3, 0.4) is 0 Å². The van der Waals surface area contributed by atoms with E-state index in [1.165, 1.54) is 11.9 Å². The quantitative estimate of drug-likeness (QED) is 0.536. The Morgan fingerprint density at radius 1 is 1.15 bits per heavy atom. The van der Waals surface area contributed by atoms with E-state index in [0.717, 1.165) is 29.8 Å². The zero-order chi connectivity index (χ0) is 18.8. The van der Waals surface area contributed by atoms with Crippen molar-refractivity contribution in [3.05, 3.63) is 76.1 Å². The van der Waals surface area contributed by atoms with E-state index in [2.05, 4.69) is 22.2 Å². The Labute approximate surface area is 156 Å². The Balaban J connectivity index is 1.74. The average Bonchev–Trinajstić information content (AvgIpc) is 3.12. The molecule has 7 nitrogen and oxygen atoms in total. The maximum Gasteiger partial charge on any atom is 0.354 e. The molecular weight excluding hydrogens is 342 g/mol. The predicted molar refractivity (Wildman–Crippen MR) is 105 cm³/mol. The summed E-state index contributed by atoms with van der Waals surface area (Å²) in [4.78, 5) is 21.7. The van der Waals surface area contributed by atoms with Crippen molar-refractivity contribution < 1.29 is 4.92 Å². The van der Waals surface area contributed by atoms with Gasteiger partial charge in [-0.2, -0.15) is 0 Å². The average molecular weight is 361 g/mol. The first-order valence-corrected chi connectivity index (χ1v) is 8.88. The number of nitrogens with zero attached hydrogens (tertiary/aromatic N) is 4. The molecular formula is C20H19N5O2. The number of aryl methyl sites for hydroxylation is 1. The van der Waals surface area contributed by atoms with Gasteiger partial charge in [0.15, 0.2) is 0 Å². The summed E-state index contributed by atoms with van der Waals surface area (Å²) in [6, 6.07) is 15.7. The molecule has 1 aliphatic rings. The number of rotatable bonds is 5. The first-order chi connectivity index (χ1) is 13.2. The molecule has 7 heteroatoms. The molecule has 2 aromatic carbocycles. The number of hydrogen-bond donors (Lipinski definition) is 1. The van der Waals surface area contributed by atoms with Crippen molar-refractivity contribution in [2.45, 2.75) is 19.8 Å². The molecule has 1 aliphatic heterocycles. The molecule has 4 rings (SSSR count). The van der Waals surface area contributed by atoms with E-state index >= 15 is 0 Å². The van der Waals surface area contributed by atoms with Gasteiger partial charge in [0.25, 0.3) is 0 Å². The molecule has 0 bridgehead atoms. The second-order valence-corrected chi connectivity index (χ2v) is 6.36. The van der Waals surface area contributed by atoms with Gasteiger partial charge in [0.1, 0.15) is 6.33 Å². The SMILES string of the molecule is CCc1ccc(Nc2ncnc(N3CCc4ccccc43)c2[N+](=O)[O-])cc1. The smallest absolute Gasteiger partial charge is 0.334 e. The summed E-state index contributed by atoms with van der Waals surface area (Å²) >= 11 is 0. The summed E-state index contributed by atoms with van der Waals surface area (Å²) in [5.74, 6) is 0.506. The number of aromatic nitrogens is 2. The second kappa shape index (κ2) is 7.03. The molecule has 2 heterocycles. The van der Waals surface area contributed by atoms with E-state index in [4.69, 9.17) is 0 Å². The number of nitrogens with one attached hydrogen (secondary N) is 1. The first-order valence-electron chi connectivity index (χ1n) is 8.88. The topological polar surface area (TPSA) is 84.2 Å². The Morgan fingerprint density at radius 3 is 2.67 bits per heavy atom. The molecule has 0 aliphatic carbocycles. The summed E-state index contributed by atoms with van der Waals surface area (Å²) in [7, 11) is 0. The molecule has 0 radical (unpaired) electrons. The fourth-order valence-corrected chi connectivity index (χ4v) is 3.35. The lowest BCUT2D eigenvalue weighted by atomic mass is 10.1. The second-order valence-electron chi connectivity index (χ2n) is 6.36. The van der Waals surface area contributed by atoms with E-state index in [9.17, 15) is 10.1 Å². The lowest BCUT2D eigenvalue weighted by Gasteiger charge is -2.19. The molecule has 0 spiro atoms. The van der Waals surface area contributed by atoms with Crippen LogP contribution in [0.4, 0.5) is 28.7 Å². The van der Waals surface area contributed by atoms with E-state index in [1.54, 1.807) is 0 Å². The van der Waals surface area contributed by atoms with E-state index in [-0.39, 0.29) is 11.5 Å². The maximum absolute atomic E-state index is 11.9. The van der Waals surface area contributed by atoms with Gasteiger partial charge in [-0.05, 0) is 42.2 Å². The van der Waals surface area contributed by atoms with Crippen molar-refractivity contribution in [2.75, 3.05) is 16.8 Å². The summed E-state index contributed by atoms with van der Waals surface area (Å²) in [6.07, 6.45) is 3.14. The van der Waals surface area contributed by atoms with E-state index < -0.39 is 4.92 Å². The number of nitro groups is 1. The highest BCUT2D eigenvalue weighted by Crippen LogP contribution is 2.40. The minimum atomic E-state index is -0.418. The van der Waals surface area contributed by atoms with Gasteiger partial charge >= 0.3 is 5.69 Å². The number of anilines is 4. The van der Waals surface area contributed by atoms with Crippen molar-refractivity contribution in [1.82, 2.24) is 9.97 Å². The molecule has 1 N–H and O–H groups in total. The maximum atomic E-state index is 11.9. The summed E-state index contributed by atoms with van der Waals surface area (Å²) in [6.45, 7) is 2.74. The van der Waals surface area contributed by atoms with Crippen LogP contribution in [0.15, 0.2) is 54.9 Å². The third-order valence-corrected chi connectivity index (χ3v) is 4.75. The normalized spacial score (nSPS) is 12.7. The van der Waals surface area contributed by atoms with Gasteiger partial charge in [0.05, 0.1) is 4.92 Å². The Morgan fingerprint density at radius 2 is 1.93 bits per heavy atom. The third kappa shape index (κ3) is 3.19. The van der Waals surface area contributed by atoms with Crippen LogP contribution < -0.4 is 10.2 Å². The highest BCUT2D eigenvalue weighted by Gasteiger charge is 2.31. The number of para-hydroxylation sites is 1. The number of hydrogen-bond acceptors (Lipinski definition) is 6. The molecule has 136 valence electrons. The van der Waals surface area contributed by atoms with Crippen LogP contribution in [0.2, 0.25) is 0 Å². The molecule has 0 fully saturated rings. The highest BCUT2D eigenvalue weighted by atomic mass is 16.6. The monoisotopic (exact) mass is 361 g/mol. The first kappa shape index (κ1) is 17.0. The van der Waals surface area contributed by atoms with Gasteiger partial charge in [0, 0.05) is 17.9 Å². The van der Waals surface area contributed by atoms with Crippen molar-refractivity contribution in [3.8, 4) is 0 Å². The van der Waals surface area contributed by atoms with Crippen LogP contribution in [-0.4, -0.2) is 21.4 Å². The highest BCUT2D eigenvalue weighted by molar-refractivity contribution is 5.80. The van der Waals surface area contributed by atoms with Crippen LogP contribution in [-0.2, 0) is 12.8 Å². The Bertz CT molecular complexity index is 988. The molecule has 27 heavy (non-hydrogen) atoms. The molecule has 1 aromatic heterocycles. The molecule has 0 amide bonds. The van der Waals surface area contributed by atoms with Gasteiger partial charge in [0.2, 0.25) is 11.6 Å². The Hall–Kier alpha value is -3.48. The van der Waals surface area contributed by atoms with Gasteiger partial charge in [-0.3, -0.25) is 10.1 Å². The summed E-state index contributed by atoms with van der Waals surface area (Å²) in [5.41, 5.74) is 3.95. The van der Waals surface area contributed by atoms with Crippen LogP contribution >= 0.6 is 0 Å². The van der Waals surface area contributed by atoms with Crippen molar-refractivity contribution in [2.24, 2.45) is 0 Å². The summed E-state index contributed by atoms with van der Waals surface area (Å²) < 4.78 is 0. The Kier molecular flexibility index (Phi) is 4.42.